The fourth-order valence-corrected chi connectivity index (χ4v) is 3.96. The fraction of sp³-hybridized carbons (Fsp3) is 0.227. The molecule has 29 heavy (non-hydrogen) atoms. The van der Waals surface area contributed by atoms with E-state index in [4.69, 9.17) is 26.6 Å². The highest BCUT2D eigenvalue weighted by atomic mass is 35.5. The molecule has 2 N–H and O–H groups in total. The van der Waals surface area contributed by atoms with E-state index in [-0.39, 0.29) is 12.1 Å². The Morgan fingerprint density at radius 2 is 2.07 bits per heavy atom. The van der Waals surface area contributed by atoms with Gasteiger partial charge < -0.3 is 10.1 Å². The normalized spacial score (nSPS) is 20.1. The first-order chi connectivity index (χ1) is 14.1. The molecule has 1 unspecified atom stereocenters. The van der Waals surface area contributed by atoms with Crippen LogP contribution in [0.1, 0.15) is 23.5 Å². The molecule has 0 saturated heterocycles. The predicted octanol–water partition coefficient (Wildman–Crippen LogP) is 4.10. The number of nitrogens with zero attached hydrogens (tertiary/aromatic N) is 3. The number of rotatable bonds is 4. The maximum atomic E-state index is 9.17. The second kappa shape index (κ2) is 8.08. The Balaban J connectivity index is 1.67. The average Bonchev–Trinajstić information content (AvgIpc) is 3.17. The number of likely N-dealkylation sites (N-methyl/N-ethyl adjacent to an activating group) is 1. The molecule has 6 nitrogen and oxygen atoms in total. The van der Waals surface area contributed by atoms with E-state index in [0.717, 1.165) is 34.0 Å². The maximum Gasteiger partial charge on any atom is 0.224 e. The minimum atomic E-state index is -0.183. The summed E-state index contributed by atoms with van der Waals surface area (Å²) in [7, 11) is 3.42. The van der Waals surface area contributed by atoms with Gasteiger partial charge in [-0.05, 0) is 37.2 Å². The molecule has 1 aliphatic carbocycles. The van der Waals surface area contributed by atoms with Crippen molar-refractivity contribution in [2.45, 2.75) is 18.5 Å². The largest absolute Gasteiger partial charge is 0.495 e. The van der Waals surface area contributed by atoms with Crippen molar-refractivity contribution in [2.24, 2.45) is 9.98 Å². The summed E-state index contributed by atoms with van der Waals surface area (Å²) < 4.78 is 5.29. The highest BCUT2D eigenvalue weighted by Gasteiger charge is 2.34. The Hall–Kier alpha value is -3.14. The quantitative estimate of drug-likeness (QED) is 0.802. The number of fused-ring (bicyclic) bond motifs is 1. The molecule has 2 aromatic rings. The highest BCUT2D eigenvalue weighted by Crippen LogP contribution is 2.38. The molecule has 146 valence electrons. The van der Waals surface area contributed by atoms with Gasteiger partial charge in [0.2, 0.25) is 5.96 Å². The smallest absolute Gasteiger partial charge is 0.224 e. The number of anilines is 1. The number of ether oxygens (including phenoxy) is 1. The SMILES string of the molecule is CN[C@@H]1N=C(Nc2ccc(C#N)c(OC)c2)N=C2C1=CCC2c1ccccc1Cl. The number of hydrogen-bond donors (Lipinski definition) is 2. The molecule has 4 rings (SSSR count). The maximum absolute atomic E-state index is 9.17. The number of nitrogens with one attached hydrogen (secondary N) is 2. The molecule has 0 amide bonds. The number of aliphatic imine (C=N–C) groups is 2. The average molecular weight is 406 g/mol. The fourth-order valence-electron chi connectivity index (χ4n) is 3.69. The van der Waals surface area contributed by atoms with Crippen LogP contribution in [0.5, 0.6) is 5.75 Å². The number of benzene rings is 2. The minimum absolute atomic E-state index is 0.0948. The molecular weight excluding hydrogens is 386 g/mol. The van der Waals surface area contributed by atoms with Crippen molar-refractivity contribution in [3.8, 4) is 11.8 Å². The Bertz CT molecular complexity index is 1080. The number of halogens is 1. The number of methoxy groups -OCH3 is 1. The van der Waals surface area contributed by atoms with E-state index < -0.39 is 0 Å². The Morgan fingerprint density at radius 1 is 1.24 bits per heavy atom. The van der Waals surface area contributed by atoms with Crippen LogP contribution in [0.2, 0.25) is 5.02 Å². The van der Waals surface area contributed by atoms with Crippen molar-refractivity contribution in [3.05, 3.63) is 70.3 Å². The van der Waals surface area contributed by atoms with Gasteiger partial charge in [0.25, 0.3) is 0 Å². The molecule has 0 saturated carbocycles. The van der Waals surface area contributed by atoms with Crippen LogP contribution in [0.15, 0.2) is 64.1 Å². The third-order valence-electron chi connectivity index (χ3n) is 5.10. The van der Waals surface area contributed by atoms with Crippen molar-refractivity contribution >= 4 is 29.0 Å². The summed E-state index contributed by atoms with van der Waals surface area (Å²) in [5, 5.41) is 16.4. The van der Waals surface area contributed by atoms with E-state index in [1.54, 1.807) is 19.2 Å². The van der Waals surface area contributed by atoms with Crippen LogP contribution in [0.3, 0.4) is 0 Å². The van der Waals surface area contributed by atoms with Gasteiger partial charge in [-0.1, -0.05) is 35.9 Å². The molecule has 0 fully saturated rings. The zero-order valence-corrected chi connectivity index (χ0v) is 16.9. The summed E-state index contributed by atoms with van der Waals surface area (Å²) in [6.45, 7) is 0. The summed E-state index contributed by atoms with van der Waals surface area (Å²) in [6, 6.07) is 15.3. The van der Waals surface area contributed by atoms with E-state index in [9.17, 15) is 0 Å². The van der Waals surface area contributed by atoms with Gasteiger partial charge >= 0.3 is 0 Å². The predicted molar refractivity (Wildman–Crippen MR) is 116 cm³/mol. The Labute approximate surface area is 174 Å². The van der Waals surface area contributed by atoms with Gasteiger partial charge in [0.15, 0.2) is 0 Å². The second-order valence-electron chi connectivity index (χ2n) is 6.76. The van der Waals surface area contributed by atoms with Gasteiger partial charge in [-0.3, -0.25) is 5.32 Å². The van der Waals surface area contributed by atoms with Crippen LogP contribution < -0.4 is 15.4 Å². The number of guanidine groups is 1. The molecule has 0 aromatic heterocycles. The molecule has 0 radical (unpaired) electrons. The van der Waals surface area contributed by atoms with Crippen LogP contribution in [-0.2, 0) is 0 Å². The van der Waals surface area contributed by atoms with Crippen molar-refractivity contribution < 1.29 is 4.74 Å². The molecule has 2 atom stereocenters. The van der Waals surface area contributed by atoms with Crippen molar-refractivity contribution in [3.63, 3.8) is 0 Å². The van der Waals surface area contributed by atoms with Gasteiger partial charge in [0, 0.05) is 28.3 Å². The lowest BCUT2D eigenvalue weighted by Gasteiger charge is -2.24. The monoisotopic (exact) mass is 405 g/mol. The van der Waals surface area contributed by atoms with Gasteiger partial charge in [0.05, 0.1) is 18.4 Å². The lowest BCUT2D eigenvalue weighted by molar-refractivity contribution is 0.413. The van der Waals surface area contributed by atoms with Crippen molar-refractivity contribution in [2.75, 3.05) is 19.5 Å². The van der Waals surface area contributed by atoms with Crippen molar-refractivity contribution in [1.82, 2.24) is 5.32 Å². The molecular formula is C22H20ClN5O. The third kappa shape index (κ3) is 3.63. The first-order valence-electron chi connectivity index (χ1n) is 9.28. The van der Waals surface area contributed by atoms with Gasteiger partial charge in [-0.25, -0.2) is 9.98 Å². The summed E-state index contributed by atoms with van der Waals surface area (Å²) in [6.07, 6.45) is 2.83. The van der Waals surface area contributed by atoms with Crippen LogP contribution in [0.25, 0.3) is 0 Å². The number of allylic oxidation sites excluding steroid dienone is 1. The van der Waals surface area contributed by atoms with Gasteiger partial charge in [0.1, 0.15) is 18.0 Å². The molecule has 2 aliphatic rings. The van der Waals surface area contributed by atoms with Crippen LogP contribution >= 0.6 is 11.6 Å². The first kappa shape index (κ1) is 19.2. The zero-order valence-electron chi connectivity index (χ0n) is 16.1. The van der Waals surface area contributed by atoms with Gasteiger partial charge in [-0.2, -0.15) is 5.26 Å². The number of hydrogen-bond acceptors (Lipinski definition) is 6. The highest BCUT2D eigenvalue weighted by molar-refractivity contribution is 6.32. The van der Waals surface area contributed by atoms with Crippen LogP contribution in [0.4, 0.5) is 5.69 Å². The second-order valence-corrected chi connectivity index (χ2v) is 7.17. The standard InChI is InChI=1S/C22H20ClN5O/c1-25-21-17-10-9-16(15-5-3-4-6-18(15)23)20(17)27-22(28-21)26-14-8-7-13(12-24)19(11-14)29-2/h3-8,10-11,16,21,25H,9H2,1-2H3,(H,26,28)/t16?,21-/m1/s1. The molecule has 1 heterocycles. The van der Waals surface area contributed by atoms with Gasteiger partial charge in [-0.15, -0.1) is 0 Å². The lowest BCUT2D eigenvalue weighted by Crippen LogP contribution is -2.35. The van der Waals surface area contributed by atoms with E-state index in [0.29, 0.717) is 17.3 Å². The Kier molecular flexibility index (Phi) is 5.34. The molecule has 0 bridgehead atoms. The van der Waals surface area contributed by atoms with E-state index in [1.807, 2.05) is 37.4 Å². The molecule has 0 spiro atoms. The summed E-state index contributed by atoms with van der Waals surface area (Å²) in [5.41, 5.74) is 4.34. The summed E-state index contributed by atoms with van der Waals surface area (Å²) in [5.74, 6) is 1.10. The van der Waals surface area contributed by atoms with E-state index >= 15 is 0 Å². The molecule has 2 aromatic carbocycles. The summed E-state index contributed by atoms with van der Waals surface area (Å²) >= 11 is 6.45. The molecule has 7 heteroatoms. The summed E-state index contributed by atoms with van der Waals surface area (Å²) in [4.78, 5) is 9.50. The Morgan fingerprint density at radius 3 is 2.79 bits per heavy atom. The zero-order chi connectivity index (χ0) is 20.4. The lowest BCUT2D eigenvalue weighted by atomic mass is 9.92. The van der Waals surface area contributed by atoms with Crippen LogP contribution in [0, 0.1) is 11.3 Å². The van der Waals surface area contributed by atoms with E-state index in [1.165, 1.54) is 0 Å². The first-order valence-corrected chi connectivity index (χ1v) is 9.66. The molecule has 1 aliphatic heterocycles. The topological polar surface area (TPSA) is 81.8 Å². The third-order valence-corrected chi connectivity index (χ3v) is 5.45. The minimum Gasteiger partial charge on any atom is -0.495 e. The van der Waals surface area contributed by atoms with Crippen LogP contribution in [-0.4, -0.2) is 32.0 Å². The number of nitriles is 1. The van der Waals surface area contributed by atoms with Crippen molar-refractivity contribution in [1.29, 1.82) is 5.26 Å². The van der Waals surface area contributed by atoms with E-state index in [2.05, 4.69) is 27.8 Å².